The molecule has 1 aliphatic rings. The Kier molecular flexibility index (Phi) is 6.27. The molecule has 1 aliphatic carbocycles. The van der Waals surface area contributed by atoms with E-state index in [1.807, 2.05) is 0 Å². The standard InChI is InChI=1S/C19H18BrClFN3O4S2/c20-11-2-1-10(14(21)6-11)5-13-15(7-16-18(17(13)22)23-25-30-16)24-31(28,29)19(3-4-19)8-12(27)9-26/h1-2,6-7,12,24,26-27H,3-5,8-9H2. The molecule has 4 rings (SSSR count). The van der Waals surface area contributed by atoms with Crippen LogP contribution in [0.4, 0.5) is 10.1 Å². The molecule has 1 heterocycles. The van der Waals surface area contributed by atoms with Crippen molar-refractivity contribution >= 4 is 65.0 Å². The van der Waals surface area contributed by atoms with Crippen LogP contribution in [0.25, 0.3) is 10.2 Å². The Morgan fingerprint density at radius 2 is 2.10 bits per heavy atom. The maximum atomic E-state index is 15.4. The van der Waals surface area contributed by atoms with Crippen LogP contribution in [-0.2, 0) is 16.4 Å². The summed E-state index contributed by atoms with van der Waals surface area (Å²) >= 11 is 10.6. The molecule has 0 aliphatic heterocycles. The Morgan fingerprint density at radius 3 is 2.74 bits per heavy atom. The van der Waals surface area contributed by atoms with Crippen molar-refractivity contribution in [3.05, 3.63) is 50.7 Å². The Hall–Kier alpha value is -1.37. The van der Waals surface area contributed by atoms with Crippen LogP contribution in [0.5, 0.6) is 0 Å². The van der Waals surface area contributed by atoms with Crippen LogP contribution >= 0.6 is 39.1 Å². The first-order chi connectivity index (χ1) is 14.7. The summed E-state index contributed by atoms with van der Waals surface area (Å²) in [5.41, 5.74) is 0.864. The quantitative estimate of drug-likeness (QED) is 0.393. The van der Waals surface area contributed by atoms with Crippen molar-refractivity contribution in [1.29, 1.82) is 0 Å². The van der Waals surface area contributed by atoms with Crippen LogP contribution in [-0.4, -0.2) is 45.7 Å². The summed E-state index contributed by atoms with van der Waals surface area (Å²) in [5.74, 6) is -0.664. The number of hydrogen-bond donors (Lipinski definition) is 3. The fourth-order valence-corrected chi connectivity index (χ4v) is 6.59. The second-order valence-corrected chi connectivity index (χ2v) is 11.8. The van der Waals surface area contributed by atoms with Crippen molar-refractivity contribution < 1.29 is 23.0 Å². The van der Waals surface area contributed by atoms with Gasteiger partial charge in [0.2, 0.25) is 10.0 Å². The molecule has 0 saturated heterocycles. The SMILES string of the molecule is O=S(=O)(Nc1cc2snnc2c(F)c1Cc1ccc(Br)cc1Cl)C1(CC(O)CO)CC1. The number of benzene rings is 2. The van der Waals surface area contributed by atoms with E-state index in [9.17, 15) is 13.5 Å². The van der Waals surface area contributed by atoms with Gasteiger partial charge in [-0.2, -0.15) is 0 Å². The van der Waals surface area contributed by atoms with Gasteiger partial charge in [0.1, 0.15) is 5.52 Å². The van der Waals surface area contributed by atoms with Gasteiger partial charge in [0.25, 0.3) is 0 Å². The lowest BCUT2D eigenvalue weighted by molar-refractivity contribution is 0.0858. The normalized spacial score (nSPS) is 16.4. The zero-order chi connectivity index (χ0) is 22.4. The third kappa shape index (κ3) is 4.44. The number of aromatic nitrogens is 2. The van der Waals surface area contributed by atoms with Gasteiger partial charge in [-0.1, -0.05) is 38.1 Å². The van der Waals surface area contributed by atoms with E-state index in [2.05, 4.69) is 30.2 Å². The molecule has 7 nitrogen and oxygen atoms in total. The van der Waals surface area contributed by atoms with E-state index in [4.69, 9.17) is 16.7 Å². The lowest BCUT2D eigenvalue weighted by Gasteiger charge is -2.21. The molecule has 0 spiro atoms. The van der Waals surface area contributed by atoms with Crippen molar-refractivity contribution in [1.82, 2.24) is 9.59 Å². The molecule has 3 aromatic rings. The minimum Gasteiger partial charge on any atom is -0.394 e. The third-order valence-electron chi connectivity index (χ3n) is 5.41. The number of aliphatic hydroxyl groups excluding tert-OH is 2. The highest BCUT2D eigenvalue weighted by Gasteiger charge is 2.55. The molecule has 0 amide bonds. The Balaban J connectivity index is 1.76. The molecule has 0 radical (unpaired) electrons. The first-order valence-corrected chi connectivity index (χ1v) is 12.8. The van der Waals surface area contributed by atoms with Gasteiger partial charge in [-0.05, 0) is 54.6 Å². The first kappa shape index (κ1) is 22.8. The summed E-state index contributed by atoms with van der Waals surface area (Å²) < 4.78 is 47.9. The van der Waals surface area contributed by atoms with Crippen molar-refractivity contribution in [2.24, 2.45) is 0 Å². The molecule has 1 fully saturated rings. The fourth-order valence-electron chi connectivity index (χ4n) is 3.51. The number of halogens is 3. The van der Waals surface area contributed by atoms with Crippen molar-refractivity contribution in [3.8, 4) is 0 Å². The topological polar surface area (TPSA) is 112 Å². The van der Waals surface area contributed by atoms with Crippen LogP contribution in [0.1, 0.15) is 30.4 Å². The zero-order valence-electron chi connectivity index (χ0n) is 16.0. The van der Waals surface area contributed by atoms with Gasteiger partial charge < -0.3 is 10.2 Å². The number of aliphatic hydroxyl groups is 2. The van der Waals surface area contributed by atoms with Gasteiger partial charge in [-0.25, -0.2) is 12.8 Å². The van der Waals surface area contributed by atoms with Crippen molar-refractivity contribution in [2.75, 3.05) is 11.3 Å². The Labute approximate surface area is 195 Å². The number of anilines is 1. The molecule has 31 heavy (non-hydrogen) atoms. The lowest BCUT2D eigenvalue weighted by Crippen LogP contribution is -2.34. The van der Waals surface area contributed by atoms with Crippen LogP contribution < -0.4 is 4.72 Å². The van der Waals surface area contributed by atoms with Gasteiger partial charge in [0.05, 0.1) is 27.8 Å². The van der Waals surface area contributed by atoms with Gasteiger partial charge in [0.15, 0.2) is 5.82 Å². The molecule has 1 atom stereocenters. The van der Waals surface area contributed by atoms with E-state index < -0.39 is 33.3 Å². The van der Waals surface area contributed by atoms with Gasteiger partial charge in [0, 0.05) is 21.5 Å². The van der Waals surface area contributed by atoms with E-state index in [0.29, 0.717) is 28.1 Å². The Bertz CT molecular complexity index is 1250. The monoisotopic (exact) mass is 549 g/mol. The highest BCUT2D eigenvalue weighted by Crippen LogP contribution is 2.48. The highest BCUT2D eigenvalue weighted by molar-refractivity contribution is 9.10. The number of nitrogens with one attached hydrogen (secondary N) is 1. The minimum absolute atomic E-state index is 0.0372. The van der Waals surface area contributed by atoms with Crippen molar-refractivity contribution in [3.63, 3.8) is 0 Å². The van der Waals surface area contributed by atoms with Gasteiger partial charge in [-0.15, -0.1) is 5.10 Å². The van der Waals surface area contributed by atoms with Crippen LogP contribution in [0.3, 0.4) is 0 Å². The van der Waals surface area contributed by atoms with E-state index in [1.54, 1.807) is 18.2 Å². The van der Waals surface area contributed by atoms with Crippen LogP contribution in [0.2, 0.25) is 5.02 Å². The van der Waals surface area contributed by atoms with E-state index in [-0.39, 0.29) is 29.6 Å². The average Bonchev–Trinajstić information content (AvgIpc) is 3.35. The number of hydrogen-bond acceptors (Lipinski definition) is 7. The maximum Gasteiger partial charge on any atom is 0.238 e. The summed E-state index contributed by atoms with van der Waals surface area (Å²) in [6.07, 6.45) is -0.514. The summed E-state index contributed by atoms with van der Waals surface area (Å²) in [4.78, 5) is 0. The molecule has 0 bridgehead atoms. The Morgan fingerprint density at radius 1 is 1.35 bits per heavy atom. The van der Waals surface area contributed by atoms with Gasteiger partial charge >= 0.3 is 0 Å². The molecule has 1 unspecified atom stereocenters. The second-order valence-electron chi connectivity index (χ2n) is 7.58. The molecular weight excluding hydrogens is 533 g/mol. The molecule has 12 heteroatoms. The average molecular weight is 551 g/mol. The lowest BCUT2D eigenvalue weighted by atomic mass is 10.0. The summed E-state index contributed by atoms with van der Waals surface area (Å²) in [6.45, 7) is -0.530. The molecule has 3 N–H and O–H groups in total. The maximum absolute atomic E-state index is 15.4. The molecular formula is C19H18BrClFN3O4S2. The smallest absolute Gasteiger partial charge is 0.238 e. The fraction of sp³-hybridized carbons (Fsp3) is 0.368. The number of sulfonamides is 1. The second kappa shape index (κ2) is 8.53. The van der Waals surface area contributed by atoms with Crippen LogP contribution in [0.15, 0.2) is 28.7 Å². The van der Waals surface area contributed by atoms with Crippen LogP contribution in [0, 0.1) is 5.82 Å². The summed E-state index contributed by atoms with van der Waals surface area (Å²) in [6, 6.07) is 6.69. The van der Waals surface area contributed by atoms with E-state index >= 15 is 4.39 Å². The first-order valence-electron chi connectivity index (χ1n) is 9.34. The van der Waals surface area contributed by atoms with E-state index in [0.717, 1.165) is 16.0 Å². The predicted molar refractivity (Wildman–Crippen MR) is 122 cm³/mol. The molecule has 1 aromatic heterocycles. The number of rotatable bonds is 8. The minimum atomic E-state index is -3.97. The molecule has 2 aromatic carbocycles. The number of nitrogens with zero attached hydrogens (tertiary/aromatic N) is 2. The van der Waals surface area contributed by atoms with Gasteiger partial charge in [-0.3, -0.25) is 4.72 Å². The predicted octanol–water partition coefficient (Wildman–Crippen LogP) is 3.85. The molecule has 166 valence electrons. The largest absolute Gasteiger partial charge is 0.394 e. The highest BCUT2D eigenvalue weighted by atomic mass is 79.9. The third-order valence-corrected chi connectivity index (χ3v) is 9.13. The molecule has 1 saturated carbocycles. The van der Waals surface area contributed by atoms with Crippen molar-refractivity contribution in [2.45, 2.75) is 36.5 Å². The summed E-state index contributed by atoms with van der Waals surface area (Å²) in [7, 11) is -3.97. The zero-order valence-corrected chi connectivity index (χ0v) is 20.0. The number of fused-ring (bicyclic) bond motifs is 1. The van der Waals surface area contributed by atoms with E-state index in [1.165, 1.54) is 6.07 Å². The summed E-state index contributed by atoms with van der Waals surface area (Å²) in [5, 5.41) is 23.1.